The Kier molecular flexibility index (Phi) is 9.56. The second kappa shape index (κ2) is 12.3. The van der Waals surface area contributed by atoms with E-state index < -0.39 is 62.7 Å². The topological polar surface area (TPSA) is 146 Å². The molecule has 0 saturated carbocycles. The third kappa shape index (κ3) is 7.78. The molecule has 2 heterocycles. The van der Waals surface area contributed by atoms with Crippen molar-refractivity contribution in [3.63, 3.8) is 0 Å². The molecule has 1 aromatic heterocycles. The first-order chi connectivity index (χ1) is 18.6. The molecule has 12 nitrogen and oxygen atoms in total. The number of aromatic nitrogens is 2. The maximum absolute atomic E-state index is 13.7. The van der Waals surface area contributed by atoms with Crippen LogP contribution in [-0.4, -0.2) is 66.5 Å². The van der Waals surface area contributed by atoms with Crippen LogP contribution in [0.25, 0.3) is 0 Å². The number of amides is 2. The third-order valence-electron chi connectivity index (χ3n) is 6.10. The molecule has 0 unspecified atom stereocenters. The van der Waals surface area contributed by atoms with Gasteiger partial charge in [0.2, 0.25) is 5.75 Å². The van der Waals surface area contributed by atoms with Crippen molar-refractivity contribution < 1.29 is 36.1 Å². The Morgan fingerprint density at radius 2 is 1.85 bits per heavy atom. The zero-order valence-corrected chi connectivity index (χ0v) is 24.2. The number of carbonyl (C=O) groups excluding carboxylic acids is 2. The van der Waals surface area contributed by atoms with Crippen molar-refractivity contribution in [1.82, 2.24) is 19.8 Å². The van der Waals surface area contributed by atoms with Gasteiger partial charge in [-0.15, -0.1) is 0 Å². The SMILES string of the molecule is CCN(C(=O)OC(C)(C)C)[C@@H]1CC[C@H](OC)Cn2c1nc(C(=O)NCc1ccc(F)cc1)c(OS(C)(=O)=O)c2=O. The lowest BCUT2D eigenvalue weighted by molar-refractivity contribution is 0.0139. The summed E-state index contributed by atoms with van der Waals surface area (Å²) < 4.78 is 54.7. The van der Waals surface area contributed by atoms with Crippen LogP contribution in [0.3, 0.4) is 0 Å². The number of nitrogens with zero attached hydrogens (tertiary/aromatic N) is 3. The number of nitrogens with one attached hydrogen (secondary N) is 1. The van der Waals surface area contributed by atoms with E-state index >= 15 is 0 Å². The van der Waals surface area contributed by atoms with Crippen LogP contribution in [0.1, 0.15) is 68.5 Å². The molecule has 3 rings (SSSR count). The molecule has 0 fully saturated rings. The van der Waals surface area contributed by atoms with E-state index in [4.69, 9.17) is 13.7 Å². The summed E-state index contributed by atoms with van der Waals surface area (Å²) in [5.74, 6) is -2.07. The fourth-order valence-electron chi connectivity index (χ4n) is 4.29. The molecule has 14 heteroatoms. The average Bonchev–Trinajstić information content (AvgIpc) is 3.03. The van der Waals surface area contributed by atoms with Gasteiger partial charge in [-0.1, -0.05) is 12.1 Å². The Morgan fingerprint density at radius 3 is 2.40 bits per heavy atom. The van der Waals surface area contributed by atoms with E-state index in [1.807, 2.05) is 0 Å². The van der Waals surface area contributed by atoms with Crippen LogP contribution < -0.4 is 15.1 Å². The molecule has 2 aromatic rings. The minimum absolute atomic E-state index is 0.0162. The molecule has 2 atom stereocenters. The highest BCUT2D eigenvalue weighted by molar-refractivity contribution is 7.86. The number of halogens is 1. The first-order valence-corrected chi connectivity index (χ1v) is 14.5. The molecule has 0 aliphatic carbocycles. The van der Waals surface area contributed by atoms with Crippen LogP contribution >= 0.6 is 0 Å². The van der Waals surface area contributed by atoms with Gasteiger partial charge in [0, 0.05) is 20.2 Å². The monoisotopic (exact) mass is 582 g/mol. The van der Waals surface area contributed by atoms with E-state index in [-0.39, 0.29) is 25.5 Å². The lowest BCUT2D eigenvalue weighted by atomic mass is 10.1. The molecule has 1 aliphatic rings. The summed E-state index contributed by atoms with van der Waals surface area (Å²) in [6.45, 7) is 7.03. The molecule has 1 aliphatic heterocycles. The van der Waals surface area contributed by atoms with Gasteiger partial charge in [-0.05, 0) is 58.2 Å². The zero-order valence-electron chi connectivity index (χ0n) is 23.4. The fraction of sp³-hybridized carbons (Fsp3) is 0.538. The molecule has 1 N–H and O–H groups in total. The van der Waals surface area contributed by atoms with E-state index in [1.165, 1.54) is 40.8 Å². The van der Waals surface area contributed by atoms with Gasteiger partial charge in [0.05, 0.1) is 24.9 Å². The molecule has 0 bridgehead atoms. The maximum Gasteiger partial charge on any atom is 0.410 e. The number of carbonyl (C=O) groups is 2. The molecular formula is C26H35FN4O8S. The largest absolute Gasteiger partial charge is 0.444 e. The number of hydrogen-bond donors (Lipinski definition) is 1. The predicted octanol–water partition coefficient (Wildman–Crippen LogP) is 2.76. The van der Waals surface area contributed by atoms with E-state index in [0.29, 0.717) is 18.4 Å². The maximum atomic E-state index is 13.7. The molecule has 1 aromatic carbocycles. The van der Waals surface area contributed by atoms with Gasteiger partial charge in [0.1, 0.15) is 17.2 Å². The van der Waals surface area contributed by atoms with Crippen molar-refractivity contribution in [1.29, 1.82) is 0 Å². The van der Waals surface area contributed by atoms with Crippen LogP contribution in [0, 0.1) is 5.82 Å². The van der Waals surface area contributed by atoms with Gasteiger partial charge in [0.25, 0.3) is 11.5 Å². The molecule has 0 spiro atoms. The van der Waals surface area contributed by atoms with Gasteiger partial charge in [-0.2, -0.15) is 8.42 Å². The lowest BCUT2D eigenvalue weighted by Crippen LogP contribution is -2.42. The summed E-state index contributed by atoms with van der Waals surface area (Å²) in [7, 11) is -2.77. The van der Waals surface area contributed by atoms with Crippen LogP contribution in [0.2, 0.25) is 0 Å². The van der Waals surface area contributed by atoms with Crippen molar-refractivity contribution in [3.05, 3.63) is 57.5 Å². The Balaban J connectivity index is 2.15. The zero-order chi connectivity index (χ0) is 29.8. The number of fused-ring (bicyclic) bond motifs is 1. The second-order valence-corrected chi connectivity index (χ2v) is 12.0. The number of hydrogen-bond acceptors (Lipinski definition) is 9. The first kappa shape index (κ1) is 31.0. The van der Waals surface area contributed by atoms with Crippen molar-refractivity contribution >= 4 is 22.1 Å². The minimum Gasteiger partial charge on any atom is -0.444 e. The summed E-state index contributed by atoms with van der Waals surface area (Å²) in [4.78, 5) is 46.0. The average molecular weight is 583 g/mol. The Hall–Kier alpha value is -3.52. The summed E-state index contributed by atoms with van der Waals surface area (Å²) in [6, 6.07) is 4.57. The quantitative estimate of drug-likeness (QED) is 0.464. The van der Waals surface area contributed by atoms with Gasteiger partial charge in [0.15, 0.2) is 5.69 Å². The van der Waals surface area contributed by atoms with E-state index in [2.05, 4.69) is 10.3 Å². The summed E-state index contributed by atoms with van der Waals surface area (Å²) in [5.41, 5.74) is -1.73. The van der Waals surface area contributed by atoms with Gasteiger partial charge in [-0.3, -0.25) is 19.1 Å². The second-order valence-electron chi connectivity index (χ2n) is 10.4. The van der Waals surface area contributed by atoms with Crippen molar-refractivity contribution in [2.45, 2.75) is 71.4 Å². The van der Waals surface area contributed by atoms with Crippen LogP contribution in [0.5, 0.6) is 5.75 Å². The predicted molar refractivity (Wildman–Crippen MR) is 143 cm³/mol. The Labute approximate surface area is 232 Å². The van der Waals surface area contributed by atoms with Crippen LogP contribution in [0.15, 0.2) is 29.1 Å². The first-order valence-electron chi connectivity index (χ1n) is 12.7. The van der Waals surface area contributed by atoms with Crippen molar-refractivity contribution in [2.24, 2.45) is 0 Å². The number of ether oxygens (including phenoxy) is 2. The van der Waals surface area contributed by atoms with E-state index in [0.717, 1.165) is 6.26 Å². The molecule has 2 amide bonds. The Morgan fingerprint density at radius 1 is 1.20 bits per heavy atom. The van der Waals surface area contributed by atoms with Crippen LogP contribution in [-0.2, 0) is 32.7 Å². The summed E-state index contributed by atoms with van der Waals surface area (Å²) in [6.07, 6.45) is 0.379. The standard InChI is InChI=1S/C26H35FN4O8S/c1-7-30(25(34)38-26(2,3)4)19-13-12-18(37-5)15-31-22(19)29-20(21(24(31)33)39-40(6,35)36)23(32)28-14-16-8-10-17(27)11-9-16/h8-11,18-19H,7,12-15H2,1-6H3,(H,28,32)/t18-,19+/m0/s1. The fourth-order valence-corrected chi connectivity index (χ4v) is 4.74. The lowest BCUT2D eigenvalue weighted by Gasteiger charge is -2.32. The molecule has 220 valence electrons. The minimum atomic E-state index is -4.24. The Bertz CT molecular complexity index is 1400. The number of rotatable bonds is 8. The van der Waals surface area contributed by atoms with Crippen molar-refractivity contribution in [2.75, 3.05) is 19.9 Å². The van der Waals surface area contributed by atoms with Crippen LogP contribution in [0.4, 0.5) is 9.18 Å². The highest BCUT2D eigenvalue weighted by Crippen LogP contribution is 2.31. The van der Waals surface area contributed by atoms with Gasteiger partial charge in [-0.25, -0.2) is 14.2 Å². The summed E-state index contributed by atoms with van der Waals surface area (Å²) in [5, 5.41) is 2.57. The van der Waals surface area contributed by atoms with Gasteiger partial charge >= 0.3 is 16.2 Å². The molecule has 40 heavy (non-hydrogen) atoms. The number of benzene rings is 1. The third-order valence-corrected chi connectivity index (χ3v) is 6.57. The molecule has 0 saturated heterocycles. The van der Waals surface area contributed by atoms with Crippen molar-refractivity contribution in [3.8, 4) is 5.75 Å². The molecule has 0 radical (unpaired) electrons. The normalized spacial score (nSPS) is 17.4. The molecular weight excluding hydrogens is 547 g/mol. The van der Waals surface area contributed by atoms with E-state index in [9.17, 15) is 27.2 Å². The smallest absolute Gasteiger partial charge is 0.410 e. The van der Waals surface area contributed by atoms with Gasteiger partial charge < -0.3 is 19.0 Å². The number of methoxy groups -OCH3 is 1. The van der Waals surface area contributed by atoms with E-state index in [1.54, 1.807) is 27.7 Å². The highest BCUT2D eigenvalue weighted by Gasteiger charge is 2.37. The summed E-state index contributed by atoms with van der Waals surface area (Å²) >= 11 is 0. The highest BCUT2D eigenvalue weighted by atomic mass is 32.2.